The molecule has 0 aromatic heterocycles. The maximum atomic E-state index is 12.3. The number of anilines is 1. The van der Waals surface area contributed by atoms with Gasteiger partial charge in [0.05, 0.1) is 4.90 Å². The molecule has 26 heavy (non-hydrogen) atoms. The van der Waals surface area contributed by atoms with Gasteiger partial charge < -0.3 is 10.2 Å². The number of fused-ring (bicyclic) bond motifs is 2. The number of thiocarbonyl (C=S) groups is 1. The Kier molecular flexibility index (Phi) is 4.86. The summed E-state index contributed by atoms with van der Waals surface area (Å²) in [5, 5.41) is 3.96. The molecule has 3 rings (SSSR count). The van der Waals surface area contributed by atoms with Gasteiger partial charge in [-0.25, -0.2) is 12.7 Å². The van der Waals surface area contributed by atoms with E-state index in [0.29, 0.717) is 27.7 Å². The molecule has 1 heterocycles. The molecule has 0 spiro atoms. The predicted molar refractivity (Wildman–Crippen MR) is 110 cm³/mol. The average Bonchev–Trinajstić information content (AvgIpc) is 2.76. The molecular formula is C19H29N3O2S2. The summed E-state index contributed by atoms with van der Waals surface area (Å²) in [5.41, 5.74) is 1.35. The summed E-state index contributed by atoms with van der Waals surface area (Å²) in [6.07, 6.45) is 3.53. The highest BCUT2D eigenvalue weighted by molar-refractivity contribution is 7.89. The zero-order valence-corrected chi connectivity index (χ0v) is 17.9. The van der Waals surface area contributed by atoms with Crippen molar-refractivity contribution in [2.45, 2.75) is 51.0 Å². The Morgan fingerprint density at radius 1 is 1.27 bits per heavy atom. The largest absolute Gasteiger partial charge is 0.345 e. The van der Waals surface area contributed by atoms with E-state index < -0.39 is 10.0 Å². The molecule has 2 aliphatic rings. The lowest BCUT2D eigenvalue weighted by Gasteiger charge is -2.39. The summed E-state index contributed by atoms with van der Waals surface area (Å²) in [7, 11) is -0.388. The van der Waals surface area contributed by atoms with E-state index in [0.717, 1.165) is 13.0 Å². The van der Waals surface area contributed by atoms with E-state index in [1.54, 1.807) is 18.2 Å². The standard InChI is InChI=1S/C19H29N3O2S2/c1-18(2)10-15-11-19(3,12-18)13-22(15)17(25)20-14-7-6-8-16(9-14)26(23,24)21(4)5/h6-9,15H,10-13H2,1-5H3,(H,20,25). The highest BCUT2D eigenvalue weighted by atomic mass is 32.2. The van der Waals surface area contributed by atoms with Crippen LogP contribution in [0.1, 0.15) is 40.0 Å². The highest BCUT2D eigenvalue weighted by Crippen LogP contribution is 2.52. The molecule has 1 aliphatic heterocycles. The number of sulfonamides is 1. The van der Waals surface area contributed by atoms with E-state index in [-0.39, 0.29) is 4.90 Å². The summed E-state index contributed by atoms with van der Waals surface area (Å²) in [6.45, 7) is 8.00. The lowest BCUT2D eigenvalue weighted by Crippen LogP contribution is -2.40. The zero-order valence-electron chi connectivity index (χ0n) is 16.2. The molecule has 144 valence electrons. The lowest BCUT2D eigenvalue weighted by atomic mass is 9.65. The van der Waals surface area contributed by atoms with Crippen LogP contribution in [-0.2, 0) is 10.0 Å². The maximum Gasteiger partial charge on any atom is 0.242 e. The minimum Gasteiger partial charge on any atom is -0.345 e. The van der Waals surface area contributed by atoms with Gasteiger partial charge in [-0.1, -0.05) is 26.8 Å². The van der Waals surface area contributed by atoms with Crippen molar-refractivity contribution >= 4 is 33.0 Å². The molecule has 2 fully saturated rings. The normalized spacial score (nSPS) is 27.6. The van der Waals surface area contributed by atoms with Crippen molar-refractivity contribution in [2.75, 3.05) is 26.0 Å². The maximum absolute atomic E-state index is 12.3. The van der Waals surface area contributed by atoms with Crippen LogP contribution in [0.15, 0.2) is 29.2 Å². The van der Waals surface area contributed by atoms with Crippen LogP contribution < -0.4 is 5.32 Å². The van der Waals surface area contributed by atoms with Crippen molar-refractivity contribution in [3.63, 3.8) is 0 Å². The lowest BCUT2D eigenvalue weighted by molar-refractivity contribution is 0.132. The van der Waals surface area contributed by atoms with Gasteiger partial charge in [0.25, 0.3) is 0 Å². The molecule has 5 nitrogen and oxygen atoms in total. The van der Waals surface area contributed by atoms with Gasteiger partial charge in [0, 0.05) is 32.4 Å². The number of nitrogens with zero attached hydrogens (tertiary/aromatic N) is 2. The number of hydrogen-bond acceptors (Lipinski definition) is 3. The summed E-state index contributed by atoms with van der Waals surface area (Å²) in [5.74, 6) is 0. The molecule has 1 saturated heterocycles. The van der Waals surface area contributed by atoms with Gasteiger partial charge in [-0.15, -0.1) is 0 Å². The fourth-order valence-corrected chi connectivity index (χ4v) is 6.12. The summed E-state index contributed by atoms with van der Waals surface area (Å²) in [6, 6.07) is 7.31. The second-order valence-electron chi connectivity index (χ2n) is 9.09. The molecule has 2 bridgehead atoms. The van der Waals surface area contributed by atoms with E-state index in [2.05, 4.69) is 31.0 Å². The fraction of sp³-hybridized carbons (Fsp3) is 0.632. The monoisotopic (exact) mass is 395 g/mol. The molecule has 1 saturated carbocycles. The average molecular weight is 396 g/mol. The highest BCUT2D eigenvalue weighted by Gasteiger charge is 2.50. The SMILES string of the molecule is CN(C)S(=O)(=O)c1cccc(NC(=S)N2CC3(C)CC2CC(C)(C)C3)c1. The molecule has 1 aromatic carbocycles. The molecule has 1 aliphatic carbocycles. The molecule has 1 aromatic rings. The number of nitrogens with one attached hydrogen (secondary N) is 1. The smallest absolute Gasteiger partial charge is 0.242 e. The molecule has 0 radical (unpaired) electrons. The first-order valence-electron chi connectivity index (χ1n) is 9.02. The van der Waals surface area contributed by atoms with Gasteiger partial charge in [0.2, 0.25) is 10.0 Å². The van der Waals surface area contributed by atoms with E-state index in [1.807, 2.05) is 6.07 Å². The molecule has 1 N–H and O–H groups in total. The third-order valence-electron chi connectivity index (χ3n) is 5.54. The van der Waals surface area contributed by atoms with Crippen LogP contribution in [0, 0.1) is 10.8 Å². The third kappa shape index (κ3) is 3.75. The van der Waals surface area contributed by atoms with E-state index in [1.165, 1.54) is 31.2 Å². The van der Waals surface area contributed by atoms with Crippen LogP contribution >= 0.6 is 12.2 Å². The van der Waals surface area contributed by atoms with Crippen LogP contribution in [-0.4, -0.2) is 49.4 Å². The topological polar surface area (TPSA) is 52.7 Å². The Labute approximate surface area is 162 Å². The molecule has 7 heteroatoms. The zero-order chi connectivity index (χ0) is 19.3. The first kappa shape index (κ1) is 19.6. The summed E-state index contributed by atoms with van der Waals surface area (Å²) < 4.78 is 25.9. The van der Waals surface area contributed by atoms with Crippen LogP contribution in [0.25, 0.3) is 0 Å². The van der Waals surface area contributed by atoms with Crippen molar-refractivity contribution in [3.05, 3.63) is 24.3 Å². The minimum atomic E-state index is -3.46. The number of likely N-dealkylation sites (tertiary alicyclic amines) is 1. The van der Waals surface area contributed by atoms with Crippen LogP contribution in [0.3, 0.4) is 0 Å². The molecular weight excluding hydrogens is 366 g/mol. The van der Waals surface area contributed by atoms with E-state index in [4.69, 9.17) is 12.2 Å². The Balaban J connectivity index is 1.78. The summed E-state index contributed by atoms with van der Waals surface area (Å²) in [4.78, 5) is 2.57. The van der Waals surface area contributed by atoms with Crippen molar-refractivity contribution in [2.24, 2.45) is 10.8 Å². The minimum absolute atomic E-state index is 0.267. The van der Waals surface area contributed by atoms with Crippen LogP contribution in [0.5, 0.6) is 0 Å². The summed E-state index contributed by atoms with van der Waals surface area (Å²) >= 11 is 5.69. The Morgan fingerprint density at radius 2 is 1.96 bits per heavy atom. The Bertz CT molecular complexity index is 820. The molecule has 2 atom stereocenters. The van der Waals surface area contributed by atoms with Crippen molar-refractivity contribution < 1.29 is 8.42 Å². The molecule has 2 unspecified atom stereocenters. The van der Waals surface area contributed by atoms with E-state index >= 15 is 0 Å². The van der Waals surface area contributed by atoms with Crippen molar-refractivity contribution in [1.29, 1.82) is 0 Å². The third-order valence-corrected chi connectivity index (χ3v) is 7.69. The Hall–Kier alpha value is -1.18. The Morgan fingerprint density at radius 3 is 2.62 bits per heavy atom. The van der Waals surface area contributed by atoms with Gasteiger partial charge in [0.1, 0.15) is 0 Å². The number of benzene rings is 1. The van der Waals surface area contributed by atoms with E-state index in [9.17, 15) is 8.42 Å². The van der Waals surface area contributed by atoms with Crippen LogP contribution in [0.4, 0.5) is 5.69 Å². The first-order valence-corrected chi connectivity index (χ1v) is 10.9. The first-order chi connectivity index (χ1) is 11.9. The van der Waals surface area contributed by atoms with Gasteiger partial charge >= 0.3 is 0 Å². The van der Waals surface area contributed by atoms with Crippen molar-refractivity contribution in [1.82, 2.24) is 9.21 Å². The van der Waals surface area contributed by atoms with Crippen molar-refractivity contribution in [3.8, 4) is 0 Å². The fourth-order valence-electron chi connectivity index (χ4n) is 4.84. The van der Waals surface area contributed by atoms with Gasteiger partial charge in [0.15, 0.2) is 5.11 Å². The number of hydrogen-bond donors (Lipinski definition) is 1. The van der Waals surface area contributed by atoms with Gasteiger partial charge in [-0.05, 0) is 60.5 Å². The second kappa shape index (κ2) is 6.46. The second-order valence-corrected chi connectivity index (χ2v) is 11.6. The number of rotatable bonds is 3. The molecule has 0 amide bonds. The van der Waals surface area contributed by atoms with Crippen LogP contribution in [0.2, 0.25) is 0 Å². The predicted octanol–water partition coefficient (Wildman–Crippen LogP) is 3.53. The van der Waals surface area contributed by atoms with Gasteiger partial charge in [-0.2, -0.15) is 0 Å². The van der Waals surface area contributed by atoms with Gasteiger partial charge in [-0.3, -0.25) is 0 Å². The quantitative estimate of drug-likeness (QED) is 0.794.